The van der Waals surface area contributed by atoms with Crippen LogP contribution in [0.4, 0.5) is 0 Å². The number of rotatable bonds is 6. The SMILES string of the molecule is CCNC(C)c1cc(Cl)ccc1OCC1CC1. The van der Waals surface area contributed by atoms with E-state index in [0.29, 0.717) is 0 Å². The van der Waals surface area contributed by atoms with Gasteiger partial charge in [0.25, 0.3) is 0 Å². The molecular formula is C14H20ClNO. The molecule has 0 aliphatic heterocycles. The maximum absolute atomic E-state index is 6.05. The summed E-state index contributed by atoms with van der Waals surface area (Å²) in [6, 6.07) is 6.14. The molecule has 1 aliphatic rings. The standard InChI is InChI=1S/C14H20ClNO/c1-3-16-10(2)13-8-12(15)6-7-14(13)17-9-11-4-5-11/h6-8,10-11,16H,3-5,9H2,1-2H3. The largest absolute Gasteiger partial charge is 0.493 e. The summed E-state index contributed by atoms with van der Waals surface area (Å²) in [4.78, 5) is 0. The van der Waals surface area contributed by atoms with Gasteiger partial charge in [-0.15, -0.1) is 0 Å². The molecule has 1 unspecified atom stereocenters. The van der Waals surface area contributed by atoms with Gasteiger partial charge >= 0.3 is 0 Å². The number of hydrogen-bond acceptors (Lipinski definition) is 2. The highest BCUT2D eigenvalue weighted by atomic mass is 35.5. The first-order chi connectivity index (χ1) is 8.20. The third-order valence-corrected chi connectivity index (χ3v) is 3.36. The zero-order valence-electron chi connectivity index (χ0n) is 10.5. The number of benzene rings is 1. The van der Waals surface area contributed by atoms with E-state index in [2.05, 4.69) is 19.2 Å². The van der Waals surface area contributed by atoms with Crippen molar-refractivity contribution in [1.82, 2.24) is 5.32 Å². The van der Waals surface area contributed by atoms with Gasteiger partial charge in [-0.25, -0.2) is 0 Å². The van der Waals surface area contributed by atoms with Crippen LogP contribution in [0.3, 0.4) is 0 Å². The van der Waals surface area contributed by atoms with Crippen molar-refractivity contribution in [2.24, 2.45) is 5.92 Å². The summed E-state index contributed by atoms with van der Waals surface area (Å²) in [6.07, 6.45) is 2.62. The molecule has 0 amide bonds. The normalized spacial score (nSPS) is 16.9. The van der Waals surface area contributed by atoms with Crippen molar-refractivity contribution in [3.05, 3.63) is 28.8 Å². The molecule has 1 atom stereocenters. The van der Waals surface area contributed by atoms with Crippen LogP contribution in [0.25, 0.3) is 0 Å². The van der Waals surface area contributed by atoms with E-state index in [9.17, 15) is 0 Å². The van der Waals surface area contributed by atoms with E-state index < -0.39 is 0 Å². The van der Waals surface area contributed by atoms with Crippen LogP contribution in [-0.4, -0.2) is 13.2 Å². The molecule has 0 aromatic heterocycles. The van der Waals surface area contributed by atoms with E-state index in [1.54, 1.807) is 0 Å². The van der Waals surface area contributed by atoms with Crippen molar-refractivity contribution in [3.8, 4) is 5.75 Å². The minimum Gasteiger partial charge on any atom is -0.493 e. The third kappa shape index (κ3) is 3.62. The summed E-state index contributed by atoms with van der Waals surface area (Å²) < 4.78 is 5.88. The van der Waals surface area contributed by atoms with E-state index in [0.717, 1.165) is 35.4 Å². The van der Waals surface area contributed by atoms with Crippen LogP contribution in [0, 0.1) is 5.92 Å². The molecule has 1 fully saturated rings. The van der Waals surface area contributed by atoms with Gasteiger partial charge in [0.1, 0.15) is 5.75 Å². The molecule has 17 heavy (non-hydrogen) atoms. The zero-order valence-corrected chi connectivity index (χ0v) is 11.3. The molecule has 0 heterocycles. The van der Waals surface area contributed by atoms with E-state index in [-0.39, 0.29) is 6.04 Å². The van der Waals surface area contributed by atoms with Crippen LogP contribution in [-0.2, 0) is 0 Å². The highest BCUT2D eigenvalue weighted by Gasteiger charge is 2.22. The van der Waals surface area contributed by atoms with Crippen molar-refractivity contribution in [2.45, 2.75) is 32.7 Å². The average Bonchev–Trinajstić information content (AvgIpc) is 3.11. The van der Waals surface area contributed by atoms with Gasteiger partial charge in [-0.1, -0.05) is 18.5 Å². The quantitative estimate of drug-likeness (QED) is 0.833. The number of hydrogen-bond donors (Lipinski definition) is 1. The highest BCUT2D eigenvalue weighted by Crippen LogP contribution is 2.32. The molecule has 0 radical (unpaired) electrons. The van der Waals surface area contributed by atoms with E-state index in [1.807, 2.05) is 18.2 Å². The second-order valence-electron chi connectivity index (χ2n) is 4.72. The van der Waals surface area contributed by atoms with E-state index >= 15 is 0 Å². The Kier molecular flexibility index (Phi) is 4.30. The monoisotopic (exact) mass is 253 g/mol. The summed E-state index contributed by atoms with van der Waals surface area (Å²) in [6.45, 7) is 6.02. The zero-order chi connectivity index (χ0) is 12.3. The Balaban J connectivity index is 2.10. The Labute approximate surface area is 108 Å². The van der Waals surface area contributed by atoms with Crippen molar-refractivity contribution in [2.75, 3.05) is 13.2 Å². The van der Waals surface area contributed by atoms with Gasteiger partial charge in [0, 0.05) is 16.6 Å². The maximum atomic E-state index is 6.05. The fourth-order valence-electron chi connectivity index (χ4n) is 1.90. The lowest BCUT2D eigenvalue weighted by atomic mass is 10.1. The van der Waals surface area contributed by atoms with Crippen molar-refractivity contribution < 1.29 is 4.74 Å². The molecule has 0 saturated heterocycles. The Bertz CT molecular complexity index is 376. The van der Waals surface area contributed by atoms with Gasteiger partial charge in [0.05, 0.1) is 6.61 Å². The fourth-order valence-corrected chi connectivity index (χ4v) is 2.08. The summed E-state index contributed by atoms with van der Waals surface area (Å²) in [5, 5.41) is 4.16. The van der Waals surface area contributed by atoms with Crippen LogP contribution in [0.2, 0.25) is 5.02 Å². The summed E-state index contributed by atoms with van der Waals surface area (Å²) in [7, 11) is 0. The topological polar surface area (TPSA) is 21.3 Å². The Morgan fingerprint density at radius 3 is 2.88 bits per heavy atom. The average molecular weight is 254 g/mol. The van der Waals surface area contributed by atoms with Gasteiger partial charge in [-0.3, -0.25) is 0 Å². The molecule has 1 saturated carbocycles. The number of ether oxygens (including phenoxy) is 1. The Hall–Kier alpha value is -0.730. The van der Waals surface area contributed by atoms with Crippen molar-refractivity contribution in [1.29, 1.82) is 0 Å². The molecule has 1 N–H and O–H groups in total. The van der Waals surface area contributed by atoms with Crippen molar-refractivity contribution >= 4 is 11.6 Å². The summed E-state index contributed by atoms with van der Waals surface area (Å²) in [5.74, 6) is 1.74. The van der Waals surface area contributed by atoms with Gasteiger partial charge in [0.2, 0.25) is 0 Å². The molecule has 1 aromatic rings. The first-order valence-corrected chi connectivity index (χ1v) is 6.74. The van der Waals surface area contributed by atoms with Gasteiger partial charge < -0.3 is 10.1 Å². The van der Waals surface area contributed by atoms with Gasteiger partial charge in [-0.05, 0) is 50.4 Å². The summed E-state index contributed by atoms with van der Waals surface area (Å²) in [5.41, 5.74) is 1.15. The van der Waals surface area contributed by atoms with Gasteiger partial charge in [0.15, 0.2) is 0 Å². The first kappa shape index (κ1) is 12.7. The van der Waals surface area contributed by atoms with Crippen LogP contribution >= 0.6 is 11.6 Å². The molecule has 0 spiro atoms. The maximum Gasteiger partial charge on any atom is 0.124 e. The molecule has 3 heteroatoms. The third-order valence-electron chi connectivity index (χ3n) is 3.12. The minimum atomic E-state index is 0.271. The highest BCUT2D eigenvalue weighted by molar-refractivity contribution is 6.30. The predicted molar refractivity (Wildman–Crippen MR) is 71.8 cm³/mol. The van der Waals surface area contributed by atoms with Crippen LogP contribution in [0.1, 0.15) is 38.3 Å². The number of nitrogens with one attached hydrogen (secondary N) is 1. The van der Waals surface area contributed by atoms with E-state index in [4.69, 9.17) is 16.3 Å². The van der Waals surface area contributed by atoms with Crippen LogP contribution in [0.5, 0.6) is 5.75 Å². The van der Waals surface area contributed by atoms with Crippen molar-refractivity contribution in [3.63, 3.8) is 0 Å². The minimum absolute atomic E-state index is 0.271. The molecule has 2 nitrogen and oxygen atoms in total. The summed E-state index contributed by atoms with van der Waals surface area (Å²) >= 11 is 6.05. The second kappa shape index (κ2) is 5.74. The first-order valence-electron chi connectivity index (χ1n) is 6.36. The molecule has 2 rings (SSSR count). The fraction of sp³-hybridized carbons (Fsp3) is 0.571. The molecular weight excluding hydrogens is 234 g/mol. The predicted octanol–water partition coefficient (Wildman–Crippen LogP) is 3.80. The van der Waals surface area contributed by atoms with Crippen LogP contribution < -0.4 is 10.1 Å². The molecule has 94 valence electrons. The number of halogens is 1. The lowest BCUT2D eigenvalue weighted by molar-refractivity contribution is 0.294. The van der Waals surface area contributed by atoms with Crippen LogP contribution in [0.15, 0.2) is 18.2 Å². The Morgan fingerprint density at radius 2 is 2.24 bits per heavy atom. The smallest absolute Gasteiger partial charge is 0.124 e. The molecule has 1 aromatic carbocycles. The van der Waals surface area contributed by atoms with Gasteiger partial charge in [-0.2, -0.15) is 0 Å². The molecule has 0 bridgehead atoms. The lowest BCUT2D eigenvalue weighted by Gasteiger charge is -2.18. The second-order valence-corrected chi connectivity index (χ2v) is 5.15. The lowest BCUT2D eigenvalue weighted by Crippen LogP contribution is -2.18. The Morgan fingerprint density at radius 1 is 1.47 bits per heavy atom. The van der Waals surface area contributed by atoms with E-state index in [1.165, 1.54) is 12.8 Å². The molecule has 1 aliphatic carbocycles.